The molecule has 1 amide bonds. The highest BCUT2D eigenvalue weighted by Crippen LogP contribution is 2.39. The van der Waals surface area contributed by atoms with Crippen molar-refractivity contribution in [3.63, 3.8) is 0 Å². The van der Waals surface area contributed by atoms with Gasteiger partial charge in [0.05, 0.1) is 22.8 Å². The molecule has 1 heterocycles. The zero-order valence-corrected chi connectivity index (χ0v) is 22.5. The van der Waals surface area contributed by atoms with Crippen LogP contribution in [0.1, 0.15) is 50.8 Å². The van der Waals surface area contributed by atoms with Crippen LogP contribution in [0.4, 0.5) is 10.7 Å². The maximum Gasteiger partial charge on any atom is 0.341 e. The Morgan fingerprint density at radius 3 is 2.31 bits per heavy atom. The van der Waals surface area contributed by atoms with E-state index in [9.17, 15) is 18.0 Å². The Hall–Kier alpha value is -3.17. The van der Waals surface area contributed by atoms with Crippen LogP contribution in [0.3, 0.4) is 0 Å². The van der Waals surface area contributed by atoms with E-state index in [2.05, 4.69) is 5.32 Å². The first-order chi connectivity index (χ1) is 17.1. The molecular formula is C27H30N2O5S2. The molecule has 2 aromatic carbocycles. The SMILES string of the molecule is CCOC(=O)c1c(NC(=O)CN(c2cc(C)cc(C)c2)S(=O)(=O)c2ccc(C)cc2)sc2c1CCC2. The van der Waals surface area contributed by atoms with Gasteiger partial charge in [0.1, 0.15) is 11.5 Å². The summed E-state index contributed by atoms with van der Waals surface area (Å²) in [6, 6.07) is 12.0. The molecule has 0 saturated carbocycles. The Labute approximate surface area is 216 Å². The first kappa shape index (κ1) is 25.9. The predicted octanol–water partition coefficient (Wildman–Crippen LogP) is 5.17. The molecule has 3 aromatic rings. The van der Waals surface area contributed by atoms with Crippen molar-refractivity contribution in [3.05, 3.63) is 75.2 Å². The zero-order chi connectivity index (χ0) is 26.0. The summed E-state index contributed by atoms with van der Waals surface area (Å²) in [7, 11) is -4.04. The molecule has 1 aliphatic rings. The van der Waals surface area contributed by atoms with Crippen molar-refractivity contribution < 1.29 is 22.7 Å². The lowest BCUT2D eigenvalue weighted by molar-refractivity contribution is -0.114. The molecule has 0 radical (unpaired) electrons. The average molecular weight is 527 g/mol. The summed E-state index contributed by atoms with van der Waals surface area (Å²) in [4.78, 5) is 27.1. The van der Waals surface area contributed by atoms with E-state index < -0.39 is 28.4 Å². The van der Waals surface area contributed by atoms with Gasteiger partial charge in [0.15, 0.2) is 0 Å². The van der Waals surface area contributed by atoms with Crippen LogP contribution in [0.25, 0.3) is 0 Å². The largest absolute Gasteiger partial charge is 0.462 e. The predicted molar refractivity (Wildman–Crippen MR) is 143 cm³/mol. The highest BCUT2D eigenvalue weighted by molar-refractivity contribution is 7.92. The van der Waals surface area contributed by atoms with Crippen molar-refractivity contribution in [3.8, 4) is 0 Å². The fraction of sp³-hybridized carbons (Fsp3) is 0.333. The number of carbonyl (C=O) groups excluding carboxylic acids is 2. The molecule has 0 aliphatic heterocycles. The Balaban J connectivity index is 1.69. The van der Waals surface area contributed by atoms with E-state index in [1.165, 1.54) is 11.3 Å². The lowest BCUT2D eigenvalue weighted by Crippen LogP contribution is -2.38. The molecule has 0 fully saturated rings. The van der Waals surface area contributed by atoms with Crippen molar-refractivity contribution in [2.24, 2.45) is 0 Å². The van der Waals surface area contributed by atoms with Gasteiger partial charge < -0.3 is 10.1 Å². The third-order valence-corrected chi connectivity index (χ3v) is 9.04. The van der Waals surface area contributed by atoms with Crippen LogP contribution in [0.2, 0.25) is 0 Å². The van der Waals surface area contributed by atoms with Crippen LogP contribution >= 0.6 is 11.3 Å². The number of carbonyl (C=O) groups is 2. The van der Waals surface area contributed by atoms with Crippen molar-refractivity contribution in [2.45, 2.75) is 51.9 Å². The van der Waals surface area contributed by atoms with Gasteiger partial charge in [-0.25, -0.2) is 13.2 Å². The smallest absolute Gasteiger partial charge is 0.341 e. The second-order valence-corrected chi connectivity index (χ2v) is 12.0. The number of hydrogen-bond donors (Lipinski definition) is 1. The highest BCUT2D eigenvalue weighted by Gasteiger charge is 2.31. The number of fused-ring (bicyclic) bond motifs is 1. The molecule has 0 atom stereocenters. The molecule has 190 valence electrons. The summed E-state index contributed by atoms with van der Waals surface area (Å²) < 4.78 is 33.8. The van der Waals surface area contributed by atoms with Crippen LogP contribution in [-0.2, 0) is 32.4 Å². The fourth-order valence-corrected chi connectivity index (χ4v) is 7.15. The third kappa shape index (κ3) is 5.32. The number of nitrogens with zero attached hydrogens (tertiary/aromatic N) is 1. The summed E-state index contributed by atoms with van der Waals surface area (Å²) >= 11 is 1.36. The van der Waals surface area contributed by atoms with E-state index in [1.54, 1.807) is 43.3 Å². The lowest BCUT2D eigenvalue weighted by atomic mass is 10.1. The number of hydrogen-bond acceptors (Lipinski definition) is 6. The molecule has 1 aromatic heterocycles. The molecule has 0 bridgehead atoms. The van der Waals surface area contributed by atoms with Crippen molar-refractivity contribution in [2.75, 3.05) is 22.8 Å². The van der Waals surface area contributed by atoms with E-state index in [1.807, 2.05) is 26.8 Å². The van der Waals surface area contributed by atoms with Crippen molar-refractivity contribution >= 4 is 43.9 Å². The van der Waals surface area contributed by atoms with Crippen molar-refractivity contribution in [1.29, 1.82) is 0 Å². The highest BCUT2D eigenvalue weighted by atomic mass is 32.2. The molecule has 36 heavy (non-hydrogen) atoms. The number of anilines is 2. The maximum absolute atomic E-state index is 13.7. The number of thiophene rings is 1. The van der Waals surface area contributed by atoms with E-state index in [0.29, 0.717) is 16.3 Å². The molecular weight excluding hydrogens is 496 g/mol. The van der Waals surface area contributed by atoms with Crippen LogP contribution < -0.4 is 9.62 Å². The van der Waals surface area contributed by atoms with Gasteiger partial charge in [-0.3, -0.25) is 9.10 Å². The van der Waals surface area contributed by atoms with E-state index >= 15 is 0 Å². The van der Waals surface area contributed by atoms with Crippen LogP contribution in [0, 0.1) is 20.8 Å². The summed E-state index contributed by atoms with van der Waals surface area (Å²) in [5, 5.41) is 3.23. The number of amides is 1. The standard InChI is InChI=1S/C27H30N2O5S2/c1-5-34-27(31)25-22-7-6-8-23(22)35-26(25)28-24(30)16-29(20-14-18(3)13-19(4)15-20)36(32,33)21-11-9-17(2)10-12-21/h9-15H,5-8,16H2,1-4H3,(H,28,30). The number of benzene rings is 2. The summed E-state index contributed by atoms with van der Waals surface area (Å²) in [6.45, 7) is 7.17. The minimum absolute atomic E-state index is 0.0994. The lowest BCUT2D eigenvalue weighted by Gasteiger charge is -2.25. The van der Waals surface area contributed by atoms with Gasteiger partial charge >= 0.3 is 5.97 Å². The molecule has 0 unspecified atom stereocenters. The summed E-state index contributed by atoms with van der Waals surface area (Å²) in [5.41, 5.74) is 4.42. The second-order valence-electron chi connectivity index (χ2n) is 9.00. The van der Waals surface area contributed by atoms with Crippen LogP contribution in [-0.4, -0.2) is 33.4 Å². The second kappa shape index (κ2) is 10.4. The Kier molecular flexibility index (Phi) is 7.51. The van der Waals surface area contributed by atoms with Crippen LogP contribution in [0.15, 0.2) is 47.4 Å². The van der Waals surface area contributed by atoms with E-state index in [0.717, 1.165) is 50.7 Å². The Bertz CT molecular complexity index is 1390. The van der Waals surface area contributed by atoms with Gasteiger partial charge in [0.25, 0.3) is 10.0 Å². The van der Waals surface area contributed by atoms with Gasteiger partial charge in [0.2, 0.25) is 5.91 Å². The first-order valence-corrected chi connectivity index (χ1v) is 14.1. The minimum Gasteiger partial charge on any atom is -0.462 e. The third-order valence-electron chi connectivity index (χ3n) is 6.04. The fourth-order valence-electron chi connectivity index (χ4n) is 4.46. The van der Waals surface area contributed by atoms with Crippen molar-refractivity contribution in [1.82, 2.24) is 0 Å². The molecule has 7 nitrogen and oxygen atoms in total. The number of sulfonamides is 1. The Morgan fingerprint density at radius 1 is 1.00 bits per heavy atom. The van der Waals surface area contributed by atoms with Crippen LogP contribution in [0.5, 0.6) is 0 Å². The molecule has 1 aliphatic carbocycles. The molecule has 9 heteroatoms. The number of aryl methyl sites for hydroxylation is 4. The van der Waals surface area contributed by atoms with Gasteiger partial charge in [0, 0.05) is 4.88 Å². The van der Waals surface area contributed by atoms with Gasteiger partial charge in [-0.15, -0.1) is 11.3 Å². The molecule has 1 N–H and O–H groups in total. The number of ether oxygens (including phenoxy) is 1. The van der Waals surface area contributed by atoms with E-state index in [-0.39, 0.29) is 11.5 Å². The summed E-state index contributed by atoms with van der Waals surface area (Å²) in [6.07, 6.45) is 2.56. The van der Waals surface area contributed by atoms with Gasteiger partial charge in [-0.2, -0.15) is 0 Å². The maximum atomic E-state index is 13.7. The quantitative estimate of drug-likeness (QED) is 0.409. The number of rotatable bonds is 8. The van der Waals surface area contributed by atoms with E-state index in [4.69, 9.17) is 4.74 Å². The number of nitrogens with one attached hydrogen (secondary N) is 1. The first-order valence-electron chi connectivity index (χ1n) is 11.9. The zero-order valence-electron chi connectivity index (χ0n) is 20.9. The molecule has 0 saturated heterocycles. The minimum atomic E-state index is -4.04. The monoisotopic (exact) mass is 526 g/mol. The molecule has 4 rings (SSSR count). The Morgan fingerprint density at radius 2 is 1.67 bits per heavy atom. The molecule has 0 spiro atoms. The number of esters is 1. The van der Waals surface area contributed by atoms with Gasteiger partial charge in [-0.05, 0) is 87.9 Å². The topological polar surface area (TPSA) is 92.8 Å². The summed E-state index contributed by atoms with van der Waals surface area (Å²) in [5.74, 6) is -0.999. The average Bonchev–Trinajstić information content (AvgIpc) is 3.38. The normalized spacial score (nSPS) is 12.8. The van der Waals surface area contributed by atoms with Gasteiger partial charge in [-0.1, -0.05) is 23.8 Å².